The average molecular weight is 541 g/mol. The van der Waals surface area contributed by atoms with Crippen LogP contribution >= 0.6 is 0 Å². The Morgan fingerprint density at radius 2 is 1.64 bits per heavy atom. The van der Waals surface area contributed by atoms with Crippen LogP contribution in [0.25, 0.3) is 0 Å². The molecule has 0 saturated carbocycles. The fourth-order valence-electron chi connectivity index (χ4n) is 4.66. The minimum atomic E-state index is -0.965. The zero-order chi connectivity index (χ0) is 28.7. The summed E-state index contributed by atoms with van der Waals surface area (Å²) < 4.78 is 19.8. The number of carbonyl (C=O) groups excluding carboxylic acids is 3. The molecule has 9 heteroatoms. The van der Waals surface area contributed by atoms with Gasteiger partial charge in [0, 0.05) is 25.6 Å². The first-order valence-corrected chi connectivity index (χ1v) is 13.5. The number of amides is 3. The Hall–Kier alpha value is -3.46. The molecular weight excluding hydrogens is 499 g/mol. The van der Waals surface area contributed by atoms with Crippen LogP contribution in [-0.2, 0) is 26.2 Å². The molecule has 1 heterocycles. The van der Waals surface area contributed by atoms with Crippen molar-refractivity contribution in [2.24, 2.45) is 0 Å². The predicted molar refractivity (Wildman–Crippen MR) is 149 cm³/mol. The maximum absolute atomic E-state index is 13.6. The van der Waals surface area contributed by atoms with Gasteiger partial charge in [0.25, 0.3) is 0 Å². The Labute approximate surface area is 230 Å². The van der Waals surface area contributed by atoms with Gasteiger partial charge in [-0.05, 0) is 62.9 Å². The number of hydrogen-bond donors (Lipinski definition) is 3. The standard InChI is InChI=1S/C30H41FN4O4/c1-19-18-33-20(2)29(38)35(6)21(3)27(36)34-26(30(4,5)23-13-15-24(31)16-14-23)28(37)32-17-9-11-22-10-7-8-12-25(22)39-19/h7-8,10,12-16,19-21,26,33H,9,11,17-18H2,1-6H3,(H,32,37)(H,34,36)/t19-,20+,21-,26+/m1/s1. The highest BCUT2D eigenvalue weighted by Gasteiger charge is 2.39. The van der Waals surface area contributed by atoms with E-state index in [1.54, 1.807) is 33.0 Å². The molecule has 2 aromatic rings. The van der Waals surface area contributed by atoms with E-state index >= 15 is 0 Å². The number of likely N-dealkylation sites (N-methyl/N-ethyl adjacent to an activating group) is 1. The fourth-order valence-corrected chi connectivity index (χ4v) is 4.66. The molecule has 0 aliphatic carbocycles. The molecule has 2 aromatic carbocycles. The van der Waals surface area contributed by atoms with Gasteiger partial charge in [-0.2, -0.15) is 0 Å². The molecule has 3 amide bonds. The van der Waals surface area contributed by atoms with E-state index in [2.05, 4.69) is 16.0 Å². The molecule has 3 N–H and O–H groups in total. The van der Waals surface area contributed by atoms with E-state index in [-0.39, 0.29) is 23.7 Å². The van der Waals surface area contributed by atoms with Crippen molar-refractivity contribution in [3.63, 3.8) is 0 Å². The van der Waals surface area contributed by atoms with Gasteiger partial charge in [-0.1, -0.05) is 44.2 Å². The van der Waals surface area contributed by atoms with Crippen LogP contribution in [0.15, 0.2) is 48.5 Å². The normalized spacial score (nSPS) is 24.5. The van der Waals surface area contributed by atoms with E-state index in [0.717, 1.165) is 11.3 Å². The summed E-state index contributed by atoms with van der Waals surface area (Å²) >= 11 is 0. The summed E-state index contributed by atoms with van der Waals surface area (Å²) in [5.74, 6) is -0.687. The molecule has 8 nitrogen and oxygen atoms in total. The van der Waals surface area contributed by atoms with Gasteiger partial charge in [-0.3, -0.25) is 14.4 Å². The van der Waals surface area contributed by atoms with Crippen LogP contribution in [-0.4, -0.2) is 67.0 Å². The molecule has 4 atom stereocenters. The first kappa shape index (κ1) is 30.1. The molecule has 3 rings (SSSR count). The van der Waals surface area contributed by atoms with Crippen molar-refractivity contribution in [1.82, 2.24) is 20.9 Å². The fraction of sp³-hybridized carbons (Fsp3) is 0.500. The number of hydrogen-bond acceptors (Lipinski definition) is 5. The number of nitrogens with one attached hydrogen (secondary N) is 3. The van der Waals surface area contributed by atoms with Crippen molar-refractivity contribution in [1.29, 1.82) is 0 Å². The molecule has 0 radical (unpaired) electrons. The quantitative estimate of drug-likeness (QED) is 0.544. The number of carbonyl (C=O) groups is 3. The summed E-state index contributed by atoms with van der Waals surface area (Å²) in [5, 5.41) is 9.06. The first-order chi connectivity index (χ1) is 18.4. The summed E-state index contributed by atoms with van der Waals surface area (Å²) in [6, 6.07) is 11.3. The zero-order valence-electron chi connectivity index (χ0n) is 23.7. The van der Waals surface area contributed by atoms with Crippen LogP contribution in [0.1, 0.15) is 52.2 Å². The first-order valence-electron chi connectivity index (χ1n) is 13.5. The lowest BCUT2D eigenvalue weighted by molar-refractivity contribution is -0.141. The van der Waals surface area contributed by atoms with Crippen molar-refractivity contribution < 1.29 is 23.5 Å². The number of aryl methyl sites for hydroxylation is 1. The molecule has 1 aliphatic heterocycles. The second-order valence-corrected chi connectivity index (χ2v) is 10.9. The highest BCUT2D eigenvalue weighted by atomic mass is 19.1. The molecule has 39 heavy (non-hydrogen) atoms. The predicted octanol–water partition coefficient (Wildman–Crippen LogP) is 2.94. The van der Waals surface area contributed by atoms with Gasteiger partial charge in [0.1, 0.15) is 29.8 Å². The van der Waals surface area contributed by atoms with Crippen molar-refractivity contribution in [2.45, 2.75) is 77.1 Å². The van der Waals surface area contributed by atoms with Gasteiger partial charge < -0.3 is 25.6 Å². The van der Waals surface area contributed by atoms with E-state index < -0.39 is 29.4 Å². The highest BCUT2D eigenvalue weighted by Crippen LogP contribution is 2.28. The average Bonchev–Trinajstić information content (AvgIpc) is 2.91. The van der Waals surface area contributed by atoms with Crippen LogP contribution in [0, 0.1) is 5.82 Å². The Kier molecular flexibility index (Phi) is 10.1. The molecule has 0 unspecified atom stereocenters. The summed E-state index contributed by atoms with van der Waals surface area (Å²) in [5.41, 5.74) is 0.845. The Bertz CT molecular complexity index is 1150. The lowest BCUT2D eigenvalue weighted by Gasteiger charge is -2.36. The van der Waals surface area contributed by atoms with Crippen LogP contribution in [0.4, 0.5) is 4.39 Å². The maximum Gasteiger partial charge on any atom is 0.243 e. The second-order valence-electron chi connectivity index (χ2n) is 10.9. The molecular formula is C30H41FN4O4. The minimum Gasteiger partial charge on any atom is -0.489 e. The number of halogens is 1. The molecule has 0 aromatic heterocycles. The second kappa shape index (κ2) is 13.1. The van der Waals surface area contributed by atoms with Gasteiger partial charge in [0.2, 0.25) is 17.7 Å². The van der Waals surface area contributed by atoms with Crippen LogP contribution in [0.5, 0.6) is 5.75 Å². The van der Waals surface area contributed by atoms with Crippen molar-refractivity contribution in [3.05, 3.63) is 65.5 Å². The zero-order valence-corrected chi connectivity index (χ0v) is 23.7. The summed E-state index contributed by atoms with van der Waals surface area (Å²) in [7, 11) is 1.57. The van der Waals surface area contributed by atoms with Gasteiger partial charge >= 0.3 is 0 Å². The summed E-state index contributed by atoms with van der Waals surface area (Å²) in [4.78, 5) is 41.4. The highest BCUT2D eigenvalue weighted by molar-refractivity contribution is 5.93. The summed E-state index contributed by atoms with van der Waals surface area (Å²) in [6.45, 7) is 9.80. The van der Waals surface area contributed by atoms with E-state index in [9.17, 15) is 18.8 Å². The minimum absolute atomic E-state index is 0.194. The number of benzene rings is 2. The van der Waals surface area contributed by atoms with Gasteiger partial charge in [0.15, 0.2) is 0 Å². The van der Waals surface area contributed by atoms with Crippen LogP contribution < -0.4 is 20.7 Å². The molecule has 0 saturated heterocycles. The van der Waals surface area contributed by atoms with E-state index in [0.29, 0.717) is 31.5 Å². The van der Waals surface area contributed by atoms with E-state index in [1.165, 1.54) is 17.0 Å². The monoisotopic (exact) mass is 540 g/mol. The maximum atomic E-state index is 13.6. The SMILES string of the molecule is C[C@@H]1CN[C@@H](C)C(=O)N(C)[C@H](C)C(=O)N[C@H](C(C)(C)c2ccc(F)cc2)C(=O)NCCCc2ccccc2O1. The number of nitrogens with zero attached hydrogens (tertiary/aromatic N) is 1. The van der Waals surface area contributed by atoms with Crippen LogP contribution in [0.2, 0.25) is 0 Å². The van der Waals surface area contributed by atoms with E-state index in [4.69, 9.17) is 4.74 Å². The smallest absolute Gasteiger partial charge is 0.243 e. The topological polar surface area (TPSA) is 99.8 Å². The Balaban J connectivity index is 1.91. The third-order valence-corrected chi connectivity index (χ3v) is 7.47. The van der Waals surface area contributed by atoms with Gasteiger partial charge in [-0.25, -0.2) is 4.39 Å². The molecule has 0 spiro atoms. The Morgan fingerprint density at radius 3 is 2.33 bits per heavy atom. The number of ether oxygens (including phenoxy) is 1. The lowest BCUT2D eigenvalue weighted by Crippen LogP contribution is -2.60. The van der Waals surface area contributed by atoms with Crippen molar-refractivity contribution in [2.75, 3.05) is 20.1 Å². The summed E-state index contributed by atoms with van der Waals surface area (Å²) in [6.07, 6.45) is 1.16. The number of fused-ring (bicyclic) bond motifs is 1. The van der Waals surface area contributed by atoms with Gasteiger partial charge in [-0.15, -0.1) is 0 Å². The lowest BCUT2D eigenvalue weighted by atomic mass is 9.77. The largest absolute Gasteiger partial charge is 0.489 e. The van der Waals surface area contributed by atoms with E-state index in [1.807, 2.05) is 45.0 Å². The molecule has 0 fully saturated rings. The number of rotatable bonds is 2. The molecule has 0 bridgehead atoms. The van der Waals surface area contributed by atoms with Gasteiger partial charge in [0.05, 0.1) is 6.04 Å². The molecule has 212 valence electrons. The van der Waals surface area contributed by atoms with Crippen LogP contribution in [0.3, 0.4) is 0 Å². The van der Waals surface area contributed by atoms with Crippen molar-refractivity contribution in [3.8, 4) is 5.75 Å². The molecule has 1 aliphatic rings. The third-order valence-electron chi connectivity index (χ3n) is 7.47. The Morgan fingerprint density at radius 1 is 0.974 bits per heavy atom. The third kappa shape index (κ3) is 7.56. The van der Waals surface area contributed by atoms with Crippen molar-refractivity contribution >= 4 is 17.7 Å². The number of para-hydroxylation sites is 1.